The van der Waals surface area contributed by atoms with Crippen LogP contribution in [0.2, 0.25) is 0 Å². The van der Waals surface area contributed by atoms with Crippen LogP contribution < -0.4 is 4.90 Å². The van der Waals surface area contributed by atoms with Gasteiger partial charge in [-0.15, -0.1) is 0 Å². The second-order valence-corrected chi connectivity index (χ2v) is 4.15. The topological polar surface area (TPSA) is 44.9 Å². The average Bonchev–Trinajstić information content (AvgIpc) is 2.81. The second-order valence-electron chi connectivity index (χ2n) is 4.15. The number of hydrogen-bond donors (Lipinski definition) is 0. The third-order valence-corrected chi connectivity index (χ3v) is 2.74. The molecule has 1 aromatic carbocycles. The molecule has 0 radical (unpaired) electrons. The van der Waals surface area contributed by atoms with Gasteiger partial charge in [-0.1, -0.05) is 18.2 Å². The molecule has 2 aromatic rings. The van der Waals surface area contributed by atoms with Crippen molar-refractivity contribution in [2.75, 3.05) is 11.4 Å². The van der Waals surface area contributed by atoms with Crippen LogP contribution in [-0.4, -0.2) is 16.3 Å². The highest BCUT2D eigenvalue weighted by atomic mass is 15.3. The van der Waals surface area contributed by atoms with E-state index in [9.17, 15) is 0 Å². The summed E-state index contributed by atoms with van der Waals surface area (Å²) in [5.74, 6) is 0. The Bertz CT molecular complexity index is 524. The maximum Gasteiger partial charge on any atom is 0.0817 e. The molecule has 0 unspecified atom stereocenters. The highest BCUT2D eigenvalue weighted by Gasteiger charge is 2.08. The first kappa shape index (κ1) is 12.2. The zero-order valence-corrected chi connectivity index (χ0v) is 10.5. The molecule has 0 bridgehead atoms. The van der Waals surface area contributed by atoms with Crippen molar-refractivity contribution in [1.82, 2.24) is 9.78 Å². The zero-order valence-electron chi connectivity index (χ0n) is 10.5. The Morgan fingerprint density at radius 3 is 2.67 bits per heavy atom. The second kappa shape index (κ2) is 5.87. The summed E-state index contributed by atoms with van der Waals surface area (Å²) in [5, 5.41) is 13.1. The Morgan fingerprint density at radius 2 is 2.06 bits per heavy atom. The van der Waals surface area contributed by atoms with Crippen molar-refractivity contribution in [3.63, 3.8) is 0 Å². The number of nitriles is 1. The summed E-state index contributed by atoms with van der Waals surface area (Å²) in [7, 11) is 1.91. The van der Waals surface area contributed by atoms with Gasteiger partial charge < -0.3 is 4.90 Å². The van der Waals surface area contributed by atoms with E-state index in [0.717, 1.165) is 24.5 Å². The highest BCUT2D eigenvalue weighted by Crippen LogP contribution is 2.16. The number of anilines is 1. The van der Waals surface area contributed by atoms with E-state index in [4.69, 9.17) is 5.26 Å². The maximum atomic E-state index is 8.74. The Morgan fingerprint density at radius 1 is 1.28 bits per heavy atom. The van der Waals surface area contributed by atoms with Crippen LogP contribution in [0.3, 0.4) is 0 Å². The monoisotopic (exact) mass is 240 g/mol. The van der Waals surface area contributed by atoms with Crippen LogP contribution in [0.4, 0.5) is 5.69 Å². The number of hydrogen-bond acceptors (Lipinski definition) is 3. The van der Waals surface area contributed by atoms with Crippen molar-refractivity contribution in [3.8, 4) is 6.07 Å². The van der Waals surface area contributed by atoms with Gasteiger partial charge in [0.15, 0.2) is 0 Å². The first-order valence-corrected chi connectivity index (χ1v) is 5.95. The van der Waals surface area contributed by atoms with Crippen molar-refractivity contribution in [3.05, 3.63) is 48.3 Å². The third kappa shape index (κ3) is 3.11. The van der Waals surface area contributed by atoms with Crippen LogP contribution in [0.15, 0.2) is 42.6 Å². The van der Waals surface area contributed by atoms with Crippen LogP contribution in [-0.2, 0) is 13.6 Å². The summed E-state index contributed by atoms with van der Waals surface area (Å²) >= 11 is 0. The molecule has 0 saturated carbocycles. The molecule has 4 heteroatoms. The lowest BCUT2D eigenvalue weighted by molar-refractivity contribution is 0.716. The van der Waals surface area contributed by atoms with Gasteiger partial charge in [0.05, 0.1) is 24.7 Å². The van der Waals surface area contributed by atoms with Crippen LogP contribution >= 0.6 is 0 Å². The fourth-order valence-electron chi connectivity index (χ4n) is 1.87. The molecule has 0 N–H and O–H groups in total. The molecule has 1 aromatic heterocycles. The molecule has 4 nitrogen and oxygen atoms in total. The minimum atomic E-state index is 0.516. The van der Waals surface area contributed by atoms with E-state index in [1.165, 1.54) is 0 Å². The summed E-state index contributed by atoms with van der Waals surface area (Å²) in [4.78, 5) is 2.17. The molecule has 0 atom stereocenters. The van der Waals surface area contributed by atoms with Crippen molar-refractivity contribution >= 4 is 5.69 Å². The van der Waals surface area contributed by atoms with Gasteiger partial charge in [0.2, 0.25) is 0 Å². The number of aryl methyl sites for hydroxylation is 1. The smallest absolute Gasteiger partial charge is 0.0817 e. The molecule has 0 aliphatic heterocycles. The van der Waals surface area contributed by atoms with Crippen LogP contribution in [0.25, 0.3) is 0 Å². The van der Waals surface area contributed by atoms with Gasteiger partial charge in [-0.2, -0.15) is 10.4 Å². The molecule has 0 aliphatic carbocycles. The summed E-state index contributed by atoms with van der Waals surface area (Å²) in [6.07, 6.45) is 2.45. The summed E-state index contributed by atoms with van der Waals surface area (Å²) in [5.41, 5.74) is 2.14. The Balaban J connectivity index is 2.13. The van der Waals surface area contributed by atoms with Crippen LogP contribution in [0, 0.1) is 11.3 Å². The predicted octanol–water partition coefficient (Wildman–Crippen LogP) is 2.34. The van der Waals surface area contributed by atoms with E-state index >= 15 is 0 Å². The Kier molecular flexibility index (Phi) is 3.98. The number of rotatable bonds is 5. The average molecular weight is 240 g/mol. The summed E-state index contributed by atoms with van der Waals surface area (Å²) in [6.45, 7) is 1.45. The highest BCUT2D eigenvalue weighted by molar-refractivity contribution is 5.46. The van der Waals surface area contributed by atoms with Gasteiger partial charge in [0.25, 0.3) is 0 Å². The summed E-state index contributed by atoms with van der Waals surface area (Å²) in [6, 6.07) is 14.3. The fourth-order valence-corrected chi connectivity index (χ4v) is 1.87. The molecule has 1 heterocycles. The standard InChI is InChI=1S/C14H16N4/c1-17-11-8-13(16-17)12-18(10-5-9-15)14-6-3-2-4-7-14/h2-4,6-8,11H,5,10,12H2,1H3. The lowest BCUT2D eigenvalue weighted by Gasteiger charge is -2.22. The predicted molar refractivity (Wildman–Crippen MR) is 70.9 cm³/mol. The minimum Gasteiger partial charge on any atom is -0.365 e. The Labute approximate surface area is 107 Å². The van der Waals surface area contributed by atoms with Gasteiger partial charge >= 0.3 is 0 Å². The van der Waals surface area contributed by atoms with Crippen molar-refractivity contribution in [1.29, 1.82) is 5.26 Å². The SMILES string of the molecule is Cn1ccc(CN(CCC#N)c2ccccc2)n1. The largest absolute Gasteiger partial charge is 0.365 e. The zero-order chi connectivity index (χ0) is 12.8. The normalized spacial score (nSPS) is 10.0. The lowest BCUT2D eigenvalue weighted by Crippen LogP contribution is -2.23. The number of benzene rings is 1. The van der Waals surface area contributed by atoms with Crippen molar-refractivity contribution in [2.24, 2.45) is 7.05 Å². The molecule has 0 spiro atoms. The van der Waals surface area contributed by atoms with Crippen molar-refractivity contribution in [2.45, 2.75) is 13.0 Å². The Hall–Kier alpha value is -2.28. The summed E-state index contributed by atoms with van der Waals surface area (Å²) < 4.78 is 1.79. The third-order valence-electron chi connectivity index (χ3n) is 2.74. The first-order valence-electron chi connectivity index (χ1n) is 5.95. The van der Waals surface area contributed by atoms with E-state index in [1.54, 1.807) is 4.68 Å². The molecule has 92 valence electrons. The van der Waals surface area contributed by atoms with Gasteiger partial charge in [-0.25, -0.2) is 0 Å². The van der Waals surface area contributed by atoms with Crippen molar-refractivity contribution < 1.29 is 0 Å². The number of para-hydroxylation sites is 1. The maximum absolute atomic E-state index is 8.74. The van der Waals surface area contributed by atoms with E-state index in [-0.39, 0.29) is 0 Å². The van der Waals surface area contributed by atoms with E-state index in [1.807, 2.05) is 37.5 Å². The van der Waals surface area contributed by atoms with Gasteiger partial charge in [0.1, 0.15) is 0 Å². The molecule has 18 heavy (non-hydrogen) atoms. The molecule has 0 saturated heterocycles. The van der Waals surface area contributed by atoms with E-state index < -0.39 is 0 Å². The van der Waals surface area contributed by atoms with E-state index in [2.05, 4.69) is 28.2 Å². The minimum absolute atomic E-state index is 0.516. The van der Waals surface area contributed by atoms with Gasteiger partial charge in [0, 0.05) is 25.5 Å². The lowest BCUT2D eigenvalue weighted by atomic mass is 10.2. The molecule has 0 amide bonds. The van der Waals surface area contributed by atoms with Crippen LogP contribution in [0.5, 0.6) is 0 Å². The molecular formula is C14H16N4. The molecular weight excluding hydrogens is 224 g/mol. The number of aromatic nitrogens is 2. The molecule has 2 rings (SSSR count). The first-order chi connectivity index (χ1) is 8.79. The quantitative estimate of drug-likeness (QED) is 0.805. The molecule has 0 aliphatic rings. The fraction of sp³-hybridized carbons (Fsp3) is 0.286. The molecule has 0 fully saturated rings. The van der Waals surface area contributed by atoms with E-state index in [0.29, 0.717) is 6.42 Å². The van der Waals surface area contributed by atoms with Crippen LogP contribution in [0.1, 0.15) is 12.1 Å². The van der Waals surface area contributed by atoms with Gasteiger partial charge in [-0.3, -0.25) is 4.68 Å². The van der Waals surface area contributed by atoms with Gasteiger partial charge in [-0.05, 0) is 18.2 Å². The number of nitrogens with zero attached hydrogens (tertiary/aromatic N) is 4.